The molecule has 1 saturated carbocycles. The minimum Gasteiger partial charge on any atom is -0.445 e. The highest BCUT2D eigenvalue weighted by Crippen LogP contribution is 2.29. The van der Waals surface area contributed by atoms with Crippen LogP contribution in [0.3, 0.4) is 0 Å². The fourth-order valence-corrected chi connectivity index (χ4v) is 3.66. The molecule has 0 bridgehead atoms. The van der Waals surface area contributed by atoms with Crippen molar-refractivity contribution in [3.63, 3.8) is 0 Å². The van der Waals surface area contributed by atoms with E-state index in [1.807, 2.05) is 37.3 Å². The van der Waals surface area contributed by atoms with Crippen LogP contribution in [0.1, 0.15) is 63.9 Å². The number of carbonyl (C=O) groups excluding carboxylic acids is 4. The summed E-state index contributed by atoms with van der Waals surface area (Å²) >= 11 is 0. The van der Waals surface area contributed by atoms with Crippen LogP contribution in [0.4, 0.5) is 4.79 Å². The molecular formula is C22H31N3O5. The zero-order valence-corrected chi connectivity index (χ0v) is 17.4. The summed E-state index contributed by atoms with van der Waals surface area (Å²) in [5.41, 5.74) is 4.80. The lowest BCUT2D eigenvalue weighted by atomic mass is 9.80. The number of ether oxygens (including phenoxy) is 1. The summed E-state index contributed by atoms with van der Waals surface area (Å²) in [6.07, 6.45) is 4.42. The molecule has 8 nitrogen and oxygen atoms in total. The number of nitrogens with one attached hydrogen (secondary N) is 2. The Balaban J connectivity index is 2.07. The number of unbranched alkanes of at least 4 members (excludes halogenated alkanes) is 1. The lowest BCUT2D eigenvalue weighted by molar-refractivity contribution is -0.139. The van der Waals surface area contributed by atoms with Gasteiger partial charge < -0.3 is 21.1 Å². The van der Waals surface area contributed by atoms with Gasteiger partial charge in [0, 0.05) is 0 Å². The second-order valence-electron chi connectivity index (χ2n) is 7.73. The average Bonchev–Trinajstić information content (AvgIpc) is 2.75. The molecule has 30 heavy (non-hydrogen) atoms. The third-order valence-electron chi connectivity index (χ3n) is 5.41. The highest BCUT2D eigenvalue weighted by Gasteiger charge is 2.43. The molecule has 1 atom stereocenters. The van der Waals surface area contributed by atoms with E-state index in [9.17, 15) is 19.2 Å². The molecule has 0 radical (unpaired) electrons. The molecule has 0 aromatic heterocycles. The summed E-state index contributed by atoms with van der Waals surface area (Å²) in [5.74, 6) is -2.38. The van der Waals surface area contributed by atoms with Crippen molar-refractivity contribution >= 4 is 23.7 Å². The Morgan fingerprint density at radius 3 is 2.37 bits per heavy atom. The monoisotopic (exact) mass is 417 g/mol. The summed E-state index contributed by atoms with van der Waals surface area (Å²) in [5, 5.41) is 5.39. The quantitative estimate of drug-likeness (QED) is 0.504. The Labute approximate surface area is 176 Å². The largest absolute Gasteiger partial charge is 0.445 e. The van der Waals surface area contributed by atoms with Crippen molar-refractivity contribution in [3.8, 4) is 0 Å². The van der Waals surface area contributed by atoms with Crippen LogP contribution in [0, 0.1) is 0 Å². The van der Waals surface area contributed by atoms with E-state index in [2.05, 4.69) is 10.6 Å². The van der Waals surface area contributed by atoms with Gasteiger partial charge >= 0.3 is 6.09 Å². The van der Waals surface area contributed by atoms with Crippen LogP contribution in [0.15, 0.2) is 30.3 Å². The molecule has 0 saturated heterocycles. The van der Waals surface area contributed by atoms with Gasteiger partial charge in [0.05, 0.1) is 6.04 Å². The summed E-state index contributed by atoms with van der Waals surface area (Å²) < 4.78 is 5.29. The number of benzene rings is 1. The number of nitrogens with two attached hydrogens (primary N) is 1. The number of hydrogen-bond acceptors (Lipinski definition) is 5. The van der Waals surface area contributed by atoms with E-state index in [1.165, 1.54) is 0 Å². The van der Waals surface area contributed by atoms with Gasteiger partial charge in [-0.25, -0.2) is 4.79 Å². The van der Waals surface area contributed by atoms with Gasteiger partial charge in [-0.1, -0.05) is 69.4 Å². The van der Waals surface area contributed by atoms with Crippen molar-refractivity contribution in [1.29, 1.82) is 0 Å². The molecule has 4 N–H and O–H groups in total. The Morgan fingerprint density at radius 1 is 1.10 bits per heavy atom. The third kappa shape index (κ3) is 6.57. The van der Waals surface area contributed by atoms with E-state index in [0.717, 1.165) is 31.2 Å². The number of ketones is 1. The molecule has 1 aromatic rings. The van der Waals surface area contributed by atoms with Crippen LogP contribution in [-0.4, -0.2) is 35.3 Å². The highest BCUT2D eigenvalue weighted by atomic mass is 16.5. The maximum absolute atomic E-state index is 13.1. The summed E-state index contributed by atoms with van der Waals surface area (Å²) in [6, 6.07) is 8.25. The zero-order chi connectivity index (χ0) is 22.0. The Morgan fingerprint density at radius 2 is 1.77 bits per heavy atom. The lowest BCUT2D eigenvalue weighted by Gasteiger charge is -2.37. The number of primary amides is 1. The molecule has 1 fully saturated rings. The molecule has 0 spiro atoms. The maximum atomic E-state index is 13.1. The minimum atomic E-state index is -1.17. The second-order valence-corrected chi connectivity index (χ2v) is 7.73. The van der Waals surface area contributed by atoms with Crippen molar-refractivity contribution in [1.82, 2.24) is 10.6 Å². The standard InChI is InChI=1S/C22H31N3O5/c1-2-3-12-17(18(26)19(23)27)24-20(28)22(13-8-5-9-14-22)25-21(29)30-15-16-10-6-4-7-11-16/h4,6-7,10-11,17H,2-3,5,8-9,12-15H2,1H3,(H2,23,27)(H,24,28)(H,25,29)/t17-/m0/s1. The predicted molar refractivity (Wildman–Crippen MR) is 111 cm³/mol. The van der Waals surface area contributed by atoms with Crippen molar-refractivity contribution in [2.75, 3.05) is 0 Å². The van der Waals surface area contributed by atoms with Crippen LogP contribution in [0.25, 0.3) is 0 Å². The number of alkyl carbamates (subject to hydrolysis) is 1. The van der Waals surface area contributed by atoms with E-state index in [-0.39, 0.29) is 6.61 Å². The number of Topliss-reactive ketones (excluding diaryl/α,β-unsaturated/α-hetero) is 1. The number of amides is 3. The first kappa shape index (κ1) is 23.4. The summed E-state index contributed by atoms with van der Waals surface area (Å²) in [7, 11) is 0. The van der Waals surface area contributed by atoms with Gasteiger partial charge in [0.1, 0.15) is 12.1 Å². The van der Waals surface area contributed by atoms with Gasteiger partial charge in [-0.05, 0) is 24.8 Å². The van der Waals surface area contributed by atoms with Gasteiger partial charge in [-0.15, -0.1) is 0 Å². The van der Waals surface area contributed by atoms with E-state index in [1.54, 1.807) is 0 Å². The maximum Gasteiger partial charge on any atom is 0.408 e. The van der Waals surface area contributed by atoms with Gasteiger partial charge in [0.25, 0.3) is 5.91 Å². The molecule has 0 unspecified atom stereocenters. The molecule has 1 aliphatic rings. The normalized spacial score (nSPS) is 16.2. The molecular weight excluding hydrogens is 386 g/mol. The van der Waals surface area contributed by atoms with Gasteiger partial charge in [-0.2, -0.15) is 0 Å². The van der Waals surface area contributed by atoms with E-state index >= 15 is 0 Å². The first-order chi connectivity index (χ1) is 14.4. The summed E-state index contributed by atoms with van der Waals surface area (Å²) in [6.45, 7) is 2.03. The average molecular weight is 418 g/mol. The number of carbonyl (C=O) groups is 4. The van der Waals surface area contributed by atoms with Crippen LogP contribution in [0.5, 0.6) is 0 Å². The van der Waals surface area contributed by atoms with Crippen molar-refractivity contribution in [2.45, 2.75) is 76.5 Å². The van der Waals surface area contributed by atoms with Gasteiger partial charge in [0.15, 0.2) is 0 Å². The number of hydrogen-bond donors (Lipinski definition) is 3. The van der Waals surface area contributed by atoms with E-state index < -0.39 is 35.3 Å². The minimum absolute atomic E-state index is 0.0870. The van der Waals surface area contributed by atoms with Gasteiger partial charge in [-0.3, -0.25) is 14.4 Å². The molecule has 8 heteroatoms. The highest BCUT2D eigenvalue weighted by molar-refractivity contribution is 6.37. The Kier molecular flexibility index (Phi) is 8.83. The molecule has 3 amide bonds. The smallest absolute Gasteiger partial charge is 0.408 e. The molecule has 164 valence electrons. The van der Waals surface area contributed by atoms with Crippen LogP contribution < -0.4 is 16.4 Å². The zero-order valence-electron chi connectivity index (χ0n) is 17.4. The first-order valence-electron chi connectivity index (χ1n) is 10.5. The van der Waals surface area contributed by atoms with Crippen LogP contribution >= 0.6 is 0 Å². The molecule has 0 heterocycles. The lowest BCUT2D eigenvalue weighted by Crippen LogP contribution is -2.62. The third-order valence-corrected chi connectivity index (χ3v) is 5.41. The number of rotatable bonds is 10. The van der Waals surface area contributed by atoms with Crippen LogP contribution in [0.2, 0.25) is 0 Å². The molecule has 1 aromatic carbocycles. The fraction of sp³-hybridized carbons (Fsp3) is 0.545. The van der Waals surface area contributed by atoms with E-state index in [4.69, 9.17) is 10.5 Å². The Hall–Kier alpha value is -2.90. The fourth-order valence-electron chi connectivity index (χ4n) is 3.66. The van der Waals surface area contributed by atoms with Crippen molar-refractivity contribution in [3.05, 3.63) is 35.9 Å². The molecule has 1 aliphatic carbocycles. The molecule has 2 rings (SSSR count). The molecule has 0 aliphatic heterocycles. The first-order valence-corrected chi connectivity index (χ1v) is 10.5. The predicted octanol–water partition coefficient (Wildman–Crippen LogP) is 2.35. The summed E-state index contributed by atoms with van der Waals surface area (Å²) in [4.78, 5) is 49.1. The van der Waals surface area contributed by atoms with Crippen molar-refractivity contribution < 1.29 is 23.9 Å². The van der Waals surface area contributed by atoms with E-state index in [0.29, 0.717) is 25.7 Å². The Bertz CT molecular complexity index is 744. The second kappa shape index (κ2) is 11.3. The van der Waals surface area contributed by atoms with Gasteiger partial charge in [0.2, 0.25) is 11.7 Å². The van der Waals surface area contributed by atoms with Crippen LogP contribution in [-0.2, 0) is 25.7 Å². The van der Waals surface area contributed by atoms with Crippen molar-refractivity contribution in [2.24, 2.45) is 5.73 Å². The topological polar surface area (TPSA) is 128 Å². The SMILES string of the molecule is CCCC[C@H](NC(=O)C1(NC(=O)OCc2ccccc2)CCCCC1)C(=O)C(N)=O.